The quantitative estimate of drug-likeness (QED) is 0.802. The Morgan fingerprint density at radius 1 is 1.13 bits per heavy atom. The first kappa shape index (κ1) is 17.3. The van der Waals surface area contributed by atoms with Crippen molar-refractivity contribution in [1.29, 1.82) is 0 Å². The molecule has 2 aromatic carbocycles. The van der Waals surface area contributed by atoms with E-state index in [1.54, 1.807) is 0 Å². The zero-order chi connectivity index (χ0) is 17.0. The van der Waals surface area contributed by atoms with Crippen LogP contribution in [0.3, 0.4) is 0 Å². The number of nitrogens with one attached hydrogen (secondary N) is 1. The van der Waals surface area contributed by atoms with Gasteiger partial charge in [0.15, 0.2) is 0 Å². The first-order valence-corrected chi connectivity index (χ1v) is 8.04. The van der Waals surface area contributed by atoms with E-state index in [1.807, 2.05) is 44.2 Å². The normalized spacial score (nSPS) is 10.3. The van der Waals surface area contributed by atoms with Gasteiger partial charge in [-0.05, 0) is 71.6 Å². The maximum atomic E-state index is 11.5. The smallest absolute Gasteiger partial charge is 0.411 e. The van der Waals surface area contributed by atoms with E-state index in [-0.39, 0.29) is 0 Å². The number of rotatable bonds is 4. The van der Waals surface area contributed by atoms with E-state index in [4.69, 9.17) is 4.74 Å². The minimum atomic E-state index is -0.496. The van der Waals surface area contributed by atoms with Crippen molar-refractivity contribution in [1.82, 2.24) is 0 Å². The molecule has 0 saturated carbocycles. The zero-order valence-electron chi connectivity index (χ0n) is 13.7. The van der Waals surface area contributed by atoms with Crippen LogP contribution in [-0.4, -0.2) is 13.2 Å². The number of hydrogen-bond donors (Lipinski definition) is 1. The van der Waals surface area contributed by atoms with E-state index in [0.29, 0.717) is 12.3 Å². The number of anilines is 1. The number of amides is 1. The van der Waals surface area contributed by atoms with Crippen molar-refractivity contribution in [3.63, 3.8) is 0 Å². The molecule has 5 heteroatoms. The van der Waals surface area contributed by atoms with E-state index in [2.05, 4.69) is 32.9 Å². The molecule has 0 unspecified atom stereocenters. The summed E-state index contributed by atoms with van der Waals surface area (Å²) in [5.74, 6) is 0.778. The second-order valence-electron chi connectivity index (χ2n) is 5.37. The zero-order valence-corrected chi connectivity index (χ0v) is 15.3. The highest BCUT2D eigenvalue weighted by atomic mass is 79.9. The van der Waals surface area contributed by atoms with Gasteiger partial charge in [-0.25, -0.2) is 4.79 Å². The Morgan fingerprint density at radius 2 is 1.83 bits per heavy atom. The van der Waals surface area contributed by atoms with Gasteiger partial charge >= 0.3 is 6.09 Å². The highest BCUT2D eigenvalue weighted by molar-refractivity contribution is 9.10. The van der Waals surface area contributed by atoms with Gasteiger partial charge in [-0.2, -0.15) is 0 Å². The number of carbonyl (C=O) groups is 1. The molecular weight excluding hydrogens is 358 g/mol. The molecule has 2 aromatic rings. The van der Waals surface area contributed by atoms with Crippen LogP contribution in [0.4, 0.5) is 10.5 Å². The highest BCUT2D eigenvalue weighted by Crippen LogP contribution is 2.30. The van der Waals surface area contributed by atoms with E-state index in [1.165, 1.54) is 18.2 Å². The summed E-state index contributed by atoms with van der Waals surface area (Å²) in [6.45, 7) is 6.44. The summed E-state index contributed by atoms with van der Waals surface area (Å²) in [7, 11) is 1.34. The number of hydrogen-bond acceptors (Lipinski definition) is 3. The maximum Gasteiger partial charge on any atom is 0.411 e. The molecule has 1 amide bonds. The van der Waals surface area contributed by atoms with Crippen molar-refractivity contribution in [2.75, 3.05) is 12.4 Å². The first-order valence-electron chi connectivity index (χ1n) is 7.25. The monoisotopic (exact) mass is 377 g/mol. The summed E-state index contributed by atoms with van der Waals surface area (Å²) in [6.07, 6.45) is -0.496. The van der Waals surface area contributed by atoms with Gasteiger partial charge in [0.25, 0.3) is 0 Å². The van der Waals surface area contributed by atoms with Crippen molar-refractivity contribution in [2.24, 2.45) is 0 Å². The van der Waals surface area contributed by atoms with Gasteiger partial charge in [0.2, 0.25) is 0 Å². The van der Waals surface area contributed by atoms with Gasteiger partial charge in [-0.1, -0.05) is 12.1 Å². The summed E-state index contributed by atoms with van der Waals surface area (Å²) >= 11 is 3.53. The minimum Gasteiger partial charge on any atom is -0.488 e. The Balaban J connectivity index is 2.23. The third-order valence-electron chi connectivity index (χ3n) is 3.75. The molecule has 122 valence electrons. The lowest BCUT2D eigenvalue weighted by Crippen LogP contribution is -2.14. The van der Waals surface area contributed by atoms with Crippen LogP contribution in [0.5, 0.6) is 5.75 Å². The SMILES string of the molecule is COC(=O)Nc1cccc(C)c1COc1cc(C)c(C)cc1Br. The predicted molar refractivity (Wildman–Crippen MR) is 95.2 cm³/mol. The number of ether oxygens (including phenoxy) is 2. The van der Waals surface area contributed by atoms with Crippen molar-refractivity contribution < 1.29 is 14.3 Å². The molecule has 0 saturated heterocycles. The average Bonchev–Trinajstić information content (AvgIpc) is 2.51. The molecular formula is C18H20BrNO3. The molecule has 0 heterocycles. The van der Waals surface area contributed by atoms with Gasteiger partial charge in [-0.3, -0.25) is 5.32 Å². The molecule has 4 nitrogen and oxygen atoms in total. The highest BCUT2D eigenvalue weighted by Gasteiger charge is 2.11. The standard InChI is InChI=1S/C18H20BrNO3/c1-11-6-5-7-16(20-18(21)22-4)14(11)10-23-17-9-13(3)12(2)8-15(17)19/h5-9H,10H2,1-4H3,(H,20,21). The number of aryl methyl sites for hydroxylation is 3. The van der Waals surface area contributed by atoms with Crippen molar-refractivity contribution in [2.45, 2.75) is 27.4 Å². The largest absolute Gasteiger partial charge is 0.488 e. The molecule has 0 aliphatic heterocycles. The molecule has 0 fully saturated rings. The molecule has 23 heavy (non-hydrogen) atoms. The molecule has 0 atom stereocenters. The summed E-state index contributed by atoms with van der Waals surface area (Å²) in [5, 5.41) is 2.72. The topological polar surface area (TPSA) is 47.6 Å². The van der Waals surface area contributed by atoms with E-state index in [0.717, 1.165) is 21.3 Å². The molecule has 0 spiro atoms. The number of carbonyl (C=O) groups excluding carboxylic acids is 1. The van der Waals surface area contributed by atoms with Crippen LogP contribution in [0.2, 0.25) is 0 Å². The minimum absolute atomic E-state index is 0.354. The second kappa shape index (κ2) is 7.51. The van der Waals surface area contributed by atoms with Crippen LogP contribution in [0.1, 0.15) is 22.3 Å². The van der Waals surface area contributed by atoms with Crippen molar-refractivity contribution in [3.05, 3.63) is 57.1 Å². The van der Waals surface area contributed by atoms with Gasteiger partial charge in [0, 0.05) is 5.56 Å². The molecule has 0 radical (unpaired) electrons. The Labute approximate surface area is 144 Å². The summed E-state index contributed by atoms with van der Waals surface area (Å²) in [4.78, 5) is 11.5. The van der Waals surface area contributed by atoms with Crippen LogP contribution in [0.15, 0.2) is 34.8 Å². The molecule has 1 N–H and O–H groups in total. The van der Waals surface area contributed by atoms with Gasteiger partial charge in [-0.15, -0.1) is 0 Å². The third kappa shape index (κ3) is 4.26. The maximum absolute atomic E-state index is 11.5. The second-order valence-corrected chi connectivity index (χ2v) is 6.23. The van der Waals surface area contributed by atoms with Gasteiger partial charge in [0.05, 0.1) is 17.3 Å². The Morgan fingerprint density at radius 3 is 2.52 bits per heavy atom. The molecule has 0 aromatic heterocycles. The molecule has 0 aliphatic rings. The van der Waals surface area contributed by atoms with Crippen LogP contribution in [-0.2, 0) is 11.3 Å². The fourth-order valence-corrected chi connectivity index (χ4v) is 2.76. The number of methoxy groups -OCH3 is 1. The fourth-order valence-electron chi connectivity index (χ4n) is 2.19. The lowest BCUT2D eigenvalue weighted by atomic mass is 10.1. The molecule has 0 bridgehead atoms. The van der Waals surface area contributed by atoms with E-state index < -0.39 is 6.09 Å². The lowest BCUT2D eigenvalue weighted by molar-refractivity contribution is 0.187. The molecule has 2 rings (SSSR count). The summed E-state index contributed by atoms with van der Waals surface area (Å²) in [5.41, 5.74) is 5.02. The van der Waals surface area contributed by atoms with Crippen LogP contribution in [0.25, 0.3) is 0 Å². The Bertz CT molecular complexity index is 728. The van der Waals surface area contributed by atoms with E-state index in [9.17, 15) is 4.79 Å². The van der Waals surface area contributed by atoms with Gasteiger partial charge in [0.1, 0.15) is 12.4 Å². The van der Waals surface area contributed by atoms with Crippen molar-refractivity contribution >= 4 is 27.7 Å². The van der Waals surface area contributed by atoms with Crippen LogP contribution < -0.4 is 10.1 Å². The molecule has 0 aliphatic carbocycles. The fraction of sp³-hybridized carbons (Fsp3) is 0.278. The predicted octanol–water partition coefficient (Wildman–Crippen LogP) is 5.13. The Kier molecular flexibility index (Phi) is 5.66. The van der Waals surface area contributed by atoms with Gasteiger partial charge < -0.3 is 9.47 Å². The van der Waals surface area contributed by atoms with Crippen LogP contribution in [0, 0.1) is 20.8 Å². The van der Waals surface area contributed by atoms with E-state index >= 15 is 0 Å². The lowest BCUT2D eigenvalue weighted by Gasteiger charge is -2.15. The van der Waals surface area contributed by atoms with Crippen molar-refractivity contribution in [3.8, 4) is 5.75 Å². The summed E-state index contributed by atoms with van der Waals surface area (Å²) < 4.78 is 11.5. The summed E-state index contributed by atoms with van der Waals surface area (Å²) in [6, 6.07) is 9.74. The van der Waals surface area contributed by atoms with Crippen LogP contribution >= 0.6 is 15.9 Å². The number of benzene rings is 2. The first-order chi connectivity index (χ1) is 10.9. The number of halogens is 1. The third-order valence-corrected chi connectivity index (χ3v) is 4.37. The Hall–Kier alpha value is -2.01. The average molecular weight is 378 g/mol.